The molecule has 11 heteroatoms. The highest BCUT2D eigenvalue weighted by atomic mass is 35.5. The third-order valence-electron chi connectivity index (χ3n) is 7.61. The van der Waals surface area contributed by atoms with Crippen molar-refractivity contribution in [1.82, 2.24) is 9.97 Å². The lowest BCUT2D eigenvalue weighted by Gasteiger charge is -2.40. The summed E-state index contributed by atoms with van der Waals surface area (Å²) >= 11 is 6.39. The van der Waals surface area contributed by atoms with Gasteiger partial charge in [0.05, 0.1) is 34.8 Å². The molecule has 1 unspecified atom stereocenters. The Morgan fingerprint density at radius 1 is 1.20 bits per heavy atom. The van der Waals surface area contributed by atoms with E-state index >= 15 is 0 Å². The summed E-state index contributed by atoms with van der Waals surface area (Å²) < 4.78 is 31.5. The number of aliphatic hydroxyl groups excluding tert-OH is 1. The summed E-state index contributed by atoms with van der Waals surface area (Å²) in [4.78, 5) is 21.0. The van der Waals surface area contributed by atoms with Crippen molar-refractivity contribution in [2.45, 2.75) is 62.5 Å². The fourth-order valence-electron chi connectivity index (χ4n) is 5.14. The number of aryl methyl sites for hydroxylation is 1. The highest BCUT2D eigenvalue weighted by Gasteiger charge is 2.38. The number of benzene rings is 2. The average molecular weight is 587 g/mol. The zero-order valence-corrected chi connectivity index (χ0v) is 24.9. The Hall–Kier alpha value is -3.21. The second kappa shape index (κ2) is 11.7. The number of rotatable bonds is 10. The predicted octanol–water partition coefficient (Wildman–Crippen LogP) is 5.60. The van der Waals surface area contributed by atoms with Gasteiger partial charge in [0.1, 0.15) is 17.4 Å². The molecule has 0 bridgehead atoms. The number of ketones is 1. The van der Waals surface area contributed by atoms with Crippen molar-refractivity contribution in [1.29, 1.82) is 0 Å². The van der Waals surface area contributed by atoms with Gasteiger partial charge in [-0.15, -0.1) is 0 Å². The quantitative estimate of drug-likeness (QED) is 0.278. The van der Waals surface area contributed by atoms with Crippen molar-refractivity contribution in [3.63, 3.8) is 0 Å². The van der Waals surface area contributed by atoms with E-state index in [0.717, 1.165) is 24.0 Å². The SMILES string of the molecule is COc1cc2c(cc1Nc1ncc(Cl)c(Nc3ccccc3S(=O)(=O)C(C)C)n1)CCC(CC(=O)CO)C2(C)C. The highest BCUT2D eigenvalue weighted by Crippen LogP contribution is 2.46. The molecule has 2 aromatic carbocycles. The van der Waals surface area contributed by atoms with Crippen molar-refractivity contribution in [2.24, 2.45) is 5.92 Å². The van der Waals surface area contributed by atoms with E-state index in [0.29, 0.717) is 23.5 Å². The number of halogens is 1. The first-order chi connectivity index (χ1) is 18.9. The number of aromatic nitrogens is 2. The zero-order valence-electron chi connectivity index (χ0n) is 23.3. The van der Waals surface area contributed by atoms with Gasteiger partial charge in [-0.3, -0.25) is 4.79 Å². The first-order valence-corrected chi connectivity index (χ1v) is 15.0. The van der Waals surface area contributed by atoms with Crippen LogP contribution in [0.3, 0.4) is 0 Å². The van der Waals surface area contributed by atoms with Crippen LogP contribution in [-0.4, -0.2) is 48.2 Å². The molecule has 0 aliphatic heterocycles. The van der Waals surface area contributed by atoms with Gasteiger partial charge >= 0.3 is 0 Å². The number of methoxy groups -OCH3 is 1. The van der Waals surface area contributed by atoms with E-state index in [9.17, 15) is 18.3 Å². The molecule has 1 aromatic heterocycles. The van der Waals surface area contributed by atoms with Crippen LogP contribution in [0.1, 0.15) is 51.7 Å². The van der Waals surface area contributed by atoms with Gasteiger partial charge in [0.15, 0.2) is 21.4 Å². The molecule has 0 fully saturated rings. The Morgan fingerprint density at radius 3 is 2.60 bits per heavy atom. The molecule has 1 aliphatic rings. The lowest BCUT2D eigenvalue weighted by atomic mass is 9.64. The Morgan fingerprint density at radius 2 is 1.93 bits per heavy atom. The summed E-state index contributed by atoms with van der Waals surface area (Å²) in [6, 6.07) is 10.6. The van der Waals surface area contributed by atoms with E-state index in [-0.39, 0.29) is 38.8 Å². The fraction of sp³-hybridized carbons (Fsp3) is 0.414. The molecular formula is C29H35ClN4O5S. The van der Waals surface area contributed by atoms with E-state index < -0.39 is 21.7 Å². The number of carbonyl (C=O) groups is 1. The van der Waals surface area contributed by atoms with Gasteiger partial charge in [-0.2, -0.15) is 4.98 Å². The molecule has 0 saturated heterocycles. The molecule has 1 aliphatic carbocycles. The van der Waals surface area contributed by atoms with Crippen LogP contribution < -0.4 is 15.4 Å². The van der Waals surface area contributed by atoms with Crippen molar-refractivity contribution in [2.75, 3.05) is 24.4 Å². The number of ether oxygens (including phenoxy) is 1. The maximum Gasteiger partial charge on any atom is 0.229 e. The number of nitrogens with one attached hydrogen (secondary N) is 2. The largest absolute Gasteiger partial charge is 0.495 e. The molecule has 1 atom stereocenters. The van der Waals surface area contributed by atoms with Gasteiger partial charge in [-0.05, 0) is 73.4 Å². The third-order valence-corrected chi connectivity index (χ3v) is 10.1. The maximum atomic E-state index is 12.9. The molecule has 0 spiro atoms. The molecule has 0 saturated carbocycles. The van der Waals surface area contributed by atoms with Gasteiger partial charge in [0.2, 0.25) is 5.95 Å². The molecule has 3 aromatic rings. The van der Waals surface area contributed by atoms with Crippen LogP contribution in [0.5, 0.6) is 5.75 Å². The van der Waals surface area contributed by atoms with Crippen molar-refractivity contribution in [3.05, 3.63) is 58.7 Å². The molecule has 0 radical (unpaired) electrons. The number of aliphatic hydroxyl groups is 1. The average Bonchev–Trinajstić information content (AvgIpc) is 2.92. The van der Waals surface area contributed by atoms with Crippen LogP contribution in [0.4, 0.5) is 23.1 Å². The standard InChI is InChI=1S/C29H35ClN4O5S/c1-17(2)40(37,38)26-9-7-6-8-23(26)32-27-22(30)15-31-28(34-27)33-24-12-18-10-11-19(13-20(36)16-35)29(3,4)21(18)14-25(24)39-5/h6-9,12,14-15,17,19,35H,10-11,13,16H2,1-5H3,(H2,31,32,33,34). The normalized spacial score (nSPS) is 16.4. The Labute approximate surface area is 240 Å². The smallest absolute Gasteiger partial charge is 0.229 e. The summed E-state index contributed by atoms with van der Waals surface area (Å²) in [6.07, 6.45) is 3.37. The second-order valence-corrected chi connectivity index (χ2v) is 13.7. The second-order valence-electron chi connectivity index (χ2n) is 10.8. The fourth-order valence-corrected chi connectivity index (χ4v) is 6.48. The molecule has 40 heavy (non-hydrogen) atoms. The first kappa shape index (κ1) is 29.8. The summed E-state index contributed by atoms with van der Waals surface area (Å²) in [5, 5.41) is 15.2. The molecular weight excluding hydrogens is 552 g/mol. The van der Waals surface area contributed by atoms with E-state index in [1.807, 2.05) is 12.1 Å². The van der Waals surface area contributed by atoms with E-state index in [4.69, 9.17) is 16.3 Å². The van der Waals surface area contributed by atoms with Gasteiger partial charge in [0, 0.05) is 6.42 Å². The van der Waals surface area contributed by atoms with Crippen LogP contribution in [0, 0.1) is 5.92 Å². The number of hydrogen-bond acceptors (Lipinski definition) is 9. The Kier molecular flexibility index (Phi) is 8.72. The molecule has 4 rings (SSSR count). The number of Topliss-reactive ketones (excluding diaryl/α,β-unsaturated/α-hetero) is 1. The van der Waals surface area contributed by atoms with Gasteiger partial charge < -0.3 is 20.5 Å². The number of carbonyl (C=O) groups excluding carboxylic acids is 1. The topological polar surface area (TPSA) is 131 Å². The summed E-state index contributed by atoms with van der Waals surface area (Å²) in [7, 11) is -1.97. The van der Waals surface area contributed by atoms with Crippen LogP contribution in [0.15, 0.2) is 47.5 Å². The summed E-state index contributed by atoms with van der Waals surface area (Å²) in [5.74, 6) is 1.04. The highest BCUT2D eigenvalue weighted by molar-refractivity contribution is 7.92. The van der Waals surface area contributed by atoms with Crippen LogP contribution >= 0.6 is 11.6 Å². The maximum absolute atomic E-state index is 12.9. The van der Waals surface area contributed by atoms with Crippen molar-refractivity contribution >= 4 is 50.4 Å². The summed E-state index contributed by atoms with van der Waals surface area (Å²) in [6.45, 7) is 7.05. The number of sulfone groups is 1. The zero-order chi connectivity index (χ0) is 29.2. The number of para-hydroxylation sites is 1. The molecule has 9 nitrogen and oxygen atoms in total. The van der Waals surface area contributed by atoms with Gasteiger partial charge in [-0.1, -0.05) is 37.6 Å². The van der Waals surface area contributed by atoms with Gasteiger partial charge in [-0.25, -0.2) is 13.4 Å². The number of hydrogen-bond donors (Lipinski definition) is 3. The predicted molar refractivity (Wildman–Crippen MR) is 157 cm³/mol. The monoisotopic (exact) mass is 586 g/mol. The number of fused-ring (bicyclic) bond motifs is 1. The molecule has 1 heterocycles. The lowest BCUT2D eigenvalue weighted by Crippen LogP contribution is -2.36. The van der Waals surface area contributed by atoms with Crippen LogP contribution in [0.25, 0.3) is 0 Å². The third kappa shape index (κ3) is 5.94. The Bertz CT molecular complexity index is 1520. The molecule has 214 valence electrons. The molecule has 0 amide bonds. The number of nitrogens with zero attached hydrogens (tertiary/aromatic N) is 2. The summed E-state index contributed by atoms with van der Waals surface area (Å²) in [5.41, 5.74) is 2.96. The van der Waals surface area contributed by atoms with E-state index in [1.165, 1.54) is 6.20 Å². The number of anilines is 4. The molecule has 3 N–H and O–H groups in total. The lowest BCUT2D eigenvalue weighted by molar-refractivity contribution is -0.123. The minimum Gasteiger partial charge on any atom is -0.495 e. The van der Waals surface area contributed by atoms with Crippen LogP contribution in [-0.2, 0) is 26.5 Å². The van der Waals surface area contributed by atoms with Crippen molar-refractivity contribution in [3.8, 4) is 5.75 Å². The minimum absolute atomic E-state index is 0.110. The van der Waals surface area contributed by atoms with E-state index in [2.05, 4.69) is 34.4 Å². The van der Waals surface area contributed by atoms with Gasteiger partial charge in [0.25, 0.3) is 0 Å². The minimum atomic E-state index is -3.55. The first-order valence-electron chi connectivity index (χ1n) is 13.1. The van der Waals surface area contributed by atoms with Crippen LogP contribution in [0.2, 0.25) is 5.02 Å². The van der Waals surface area contributed by atoms with Crippen molar-refractivity contribution < 1.29 is 23.1 Å². The van der Waals surface area contributed by atoms with E-state index in [1.54, 1.807) is 45.2 Å². The Balaban J connectivity index is 1.65.